The predicted molar refractivity (Wildman–Crippen MR) is 69.2 cm³/mol. The maximum absolute atomic E-state index is 6.16. The van der Waals surface area contributed by atoms with E-state index in [1.54, 1.807) is 0 Å². The van der Waals surface area contributed by atoms with Crippen molar-refractivity contribution >= 4 is 27.5 Å². The third-order valence-corrected chi connectivity index (χ3v) is 2.93. The number of nitrogens with one attached hydrogen (secondary N) is 1. The van der Waals surface area contributed by atoms with Crippen molar-refractivity contribution in [3.05, 3.63) is 33.3 Å². The van der Waals surface area contributed by atoms with E-state index in [1.807, 2.05) is 18.2 Å². The minimum Gasteiger partial charge on any atom is -0.329 e. The maximum atomic E-state index is 6.16. The van der Waals surface area contributed by atoms with Crippen molar-refractivity contribution in [2.24, 2.45) is 5.73 Å². The van der Waals surface area contributed by atoms with Gasteiger partial charge in [0.1, 0.15) is 0 Å². The molecule has 0 aliphatic rings. The first kappa shape index (κ1) is 13.0. The molecule has 0 aliphatic heterocycles. The fourth-order valence-corrected chi connectivity index (χ4v) is 2.28. The van der Waals surface area contributed by atoms with Crippen LogP contribution in [0.5, 0.6) is 0 Å². The van der Waals surface area contributed by atoms with Crippen molar-refractivity contribution in [2.45, 2.75) is 25.9 Å². The molecule has 1 unspecified atom stereocenters. The van der Waals surface area contributed by atoms with Gasteiger partial charge in [-0.3, -0.25) is 0 Å². The summed E-state index contributed by atoms with van der Waals surface area (Å²) in [7, 11) is 0. The van der Waals surface area contributed by atoms with Crippen LogP contribution in [0.2, 0.25) is 5.02 Å². The minimum atomic E-state index is 0.116. The molecule has 0 bridgehead atoms. The van der Waals surface area contributed by atoms with Crippen LogP contribution in [0.25, 0.3) is 0 Å². The topological polar surface area (TPSA) is 38.0 Å². The molecule has 0 saturated heterocycles. The highest BCUT2D eigenvalue weighted by molar-refractivity contribution is 9.10. The standard InChI is InChI=1S/C11H16BrClN2/c1-7(2)15-11(6-14)9-4-3-8(12)5-10(9)13/h3-5,7,11,15H,6,14H2,1-2H3. The molecule has 4 heteroatoms. The Morgan fingerprint density at radius 1 is 1.47 bits per heavy atom. The minimum absolute atomic E-state index is 0.116. The molecule has 0 amide bonds. The van der Waals surface area contributed by atoms with E-state index < -0.39 is 0 Å². The summed E-state index contributed by atoms with van der Waals surface area (Å²) in [5.41, 5.74) is 6.78. The molecule has 2 nitrogen and oxygen atoms in total. The predicted octanol–water partition coefficient (Wildman–Crippen LogP) is 3.10. The monoisotopic (exact) mass is 290 g/mol. The van der Waals surface area contributed by atoms with Gasteiger partial charge in [0.25, 0.3) is 0 Å². The molecule has 84 valence electrons. The van der Waals surface area contributed by atoms with Gasteiger partial charge in [-0.25, -0.2) is 0 Å². The van der Waals surface area contributed by atoms with Gasteiger partial charge in [0.05, 0.1) is 0 Å². The zero-order valence-corrected chi connectivity index (χ0v) is 11.3. The second kappa shape index (κ2) is 5.85. The van der Waals surface area contributed by atoms with Gasteiger partial charge >= 0.3 is 0 Å². The van der Waals surface area contributed by atoms with Gasteiger partial charge in [0.15, 0.2) is 0 Å². The van der Waals surface area contributed by atoms with Crippen LogP contribution in [0.4, 0.5) is 0 Å². The number of hydrogen-bond acceptors (Lipinski definition) is 2. The van der Waals surface area contributed by atoms with E-state index in [2.05, 4.69) is 35.1 Å². The molecule has 3 N–H and O–H groups in total. The Morgan fingerprint density at radius 3 is 2.60 bits per heavy atom. The van der Waals surface area contributed by atoms with Crippen molar-refractivity contribution in [3.8, 4) is 0 Å². The fourth-order valence-electron chi connectivity index (χ4n) is 1.47. The van der Waals surface area contributed by atoms with Crippen LogP contribution < -0.4 is 11.1 Å². The van der Waals surface area contributed by atoms with E-state index >= 15 is 0 Å². The molecule has 15 heavy (non-hydrogen) atoms. The SMILES string of the molecule is CC(C)NC(CN)c1ccc(Br)cc1Cl. The highest BCUT2D eigenvalue weighted by Crippen LogP contribution is 2.26. The number of hydrogen-bond donors (Lipinski definition) is 2. The summed E-state index contributed by atoms with van der Waals surface area (Å²) < 4.78 is 0.983. The Kier molecular flexibility index (Phi) is 5.06. The van der Waals surface area contributed by atoms with E-state index in [1.165, 1.54) is 0 Å². The zero-order valence-electron chi connectivity index (χ0n) is 8.93. The lowest BCUT2D eigenvalue weighted by atomic mass is 10.1. The number of nitrogens with two attached hydrogens (primary N) is 1. The molecule has 0 heterocycles. The molecule has 0 spiro atoms. The summed E-state index contributed by atoms with van der Waals surface area (Å²) in [6, 6.07) is 6.37. The molecule has 0 saturated carbocycles. The van der Waals surface area contributed by atoms with Gasteiger partial charge < -0.3 is 11.1 Å². The molecule has 0 aliphatic carbocycles. The van der Waals surface area contributed by atoms with E-state index in [4.69, 9.17) is 17.3 Å². The lowest BCUT2D eigenvalue weighted by Gasteiger charge is -2.21. The second-order valence-corrected chi connectivity index (χ2v) is 5.10. The largest absolute Gasteiger partial charge is 0.329 e. The van der Waals surface area contributed by atoms with Crippen molar-refractivity contribution in [2.75, 3.05) is 6.54 Å². The first-order chi connectivity index (χ1) is 7.04. The van der Waals surface area contributed by atoms with Crippen molar-refractivity contribution in [3.63, 3.8) is 0 Å². The van der Waals surface area contributed by atoms with Gasteiger partial charge in [-0.2, -0.15) is 0 Å². The molecule has 0 radical (unpaired) electrons. The van der Waals surface area contributed by atoms with Crippen LogP contribution >= 0.6 is 27.5 Å². The molecule has 0 aromatic heterocycles. The smallest absolute Gasteiger partial charge is 0.0465 e. The van der Waals surface area contributed by atoms with Gasteiger partial charge in [-0.15, -0.1) is 0 Å². The van der Waals surface area contributed by atoms with Crippen LogP contribution in [-0.4, -0.2) is 12.6 Å². The summed E-state index contributed by atoms with van der Waals surface area (Å²) in [5.74, 6) is 0. The van der Waals surface area contributed by atoms with Gasteiger partial charge in [-0.1, -0.05) is 47.4 Å². The lowest BCUT2D eigenvalue weighted by molar-refractivity contribution is 0.484. The molecule has 0 fully saturated rings. The van der Waals surface area contributed by atoms with Gasteiger partial charge in [0, 0.05) is 28.1 Å². The lowest BCUT2D eigenvalue weighted by Crippen LogP contribution is -2.33. The Balaban J connectivity index is 2.91. The molecular weight excluding hydrogens is 275 g/mol. The number of halogens is 2. The van der Waals surface area contributed by atoms with Crippen molar-refractivity contribution < 1.29 is 0 Å². The average molecular weight is 292 g/mol. The Morgan fingerprint density at radius 2 is 2.13 bits per heavy atom. The number of rotatable bonds is 4. The molecule has 1 atom stereocenters. The summed E-state index contributed by atoms with van der Waals surface area (Å²) in [5, 5.41) is 4.12. The van der Waals surface area contributed by atoms with Crippen LogP contribution in [-0.2, 0) is 0 Å². The molecule has 1 aromatic rings. The van der Waals surface area contributed by atoms with Crippen molar-refractivity contribution in [1.29, 1.82) is 0 Å². The zero-order chi connectivity index (χ0) is 11.4. The normalized spacial score (nSPS) is 13.2. The van der Waals surface area contributed by atoms with E-state index in [0.717, 1.165) is 15.1 Å². The first-order valence-electron chi connectivity index (χ1n) is 4.95. The molecular formula is C11H16BrClN2. The molecule has 1 aromatic carbocycles. The Bertz CT molecular complexity index is 328. The van der Waals surface area contributed by atoms with Gasteiger partial charge in [-0.05, 0) is 17.7 Å². The quantitative estimate of drug-likeness (QED) is 0.894. The van der Waals surface area contributed by atoms with Crippen LogP contribution in [0.1, 0.15) is 25.5 Å². The van der Waals surface area contributed by atoms with Crippen molar-refractivity contribution in [1.82, 2.24) is 5.32 Å². The third-order valence-electron chi connectivity index (χ3n) is 2.11. The van der Waals surface area contributed by atoms with E-state index in [9.17, 15) is 0 Å². The highest BCUT2D eigenvalue weighted by atomic mass is 79.9. The maximum Gasteiger partial charge on any atom is 0.0465 e. The van der Waals surface area contributed by atoms with E-state index in [0.29, 0.717) is 12.6 Å². The third kappa shape index (κ3) is 3.76. The number of benzene rings is 1. The Hall–Kier alpha value is -0.0900. The fraction of sp³-hybridized carbons (Fsp3) is 0.455. The van der Waals surface area contributed by atoms with E-state index in [-0.39, 0.29) is 6.04 Å². The van der Waals surface area contributed by atoms with Crippen LogP contribution in [0.3, 0.4) is 0 Å². The Labute approximate surface area is 104 Å². The average Bonchev–Trinajstić information content (AvgIpc) is 2.14. The first-order valence-corrected chi connectivity index (χ1v) is 6.12. The van der Waals surface area contributed by atoms with Crippen LogP contribution in [0, 0.1) is 0 Å². The summed E-state index contributed by atoms with van der Waals surface area (Å²) in [6.45, 7) is 4.73. The van der Waals surface area contributed by atoms with Crippen LogP contribution in [0.15, 0.2) is 22.7 Å². The second-order valence-electron chi connectivity index (χ2n) is 3.78. The summed E-state index contributed by atoms with van der Waals surface area (Å²) in [6.07, 6.45) is 0. The summed E-state index contributed by atoms with van der Waals surface area (Å²) in [4.78, 5) is 0. The highest BCUT2D eigenvalue weighted by Gasteiger charge is 2.13. The van der Waals surface area contributed by atoms with Gasteiger partial charge in [0.2, 0.25) is 0 Å². The summed E-state index contributed by atoms with van der Waals surface area (Å²) >= 11 is 9.54. The molecule has 1 rings (SSSR count).